The normalized spacial score (nSPS) is 22.1. The van der Waals surface area contributed by atoms with Crippen molar-refractivity contribution < 1.29 is 23.9 Å². The van der Waals surface area contributed by atoms with Crippen LogP contribution in [0.3, 0.4) is 0 Å². The highest BCUT2D eigenvalue weighted by atomic mass is 16.5. The van der Waals surface area contributed by atoms with Crippen LogP contribution < -0.4 is 15.4 Å². The number of pyridine rings is 1. The molecule has 4 rings (SSSR count). The number of imide groups is 1. The predicted molar refractivity (Wildman–Crippen MR) is 127 cm³/mol. The zero-order valence-corrected chi connectivity index (χ0v) is 20.0. The first-order valence-electron chi connectivity index (χ1n) is 11.5. The Morgan fingerprint density at radius 3 is 2.66 bits per heavy atom. The Kier molecular flexibility index (Phi) is 6.72. The fourth-order valence-electron chi connectivity index (χ4n) is 4.45. The van der Waals surface area contributed by atoms with Crippen LogP contribution in [0.2, 0.25) is 0 Å². The molecule has 2 N–H and O–H groups in total. The zero-order chi connectivity index (χ0) is 25.2. The Bertz CT molecular complexity index is 1150. The van der Waals surface area contributed by atoms with E-state index in [1.807, 2.05) is 13.0 Å². The summed E-state index contributed by atoms with van der Waals surface area (Å²) in [7, 11) is 1.54. The number of anilines is 1. The van der Waals surface area contributed by atoms with Gasteiger partial charge in [-0.1, -0.05) is 18.2 Å². The number of benzene rings is 1. The standard InChI is InChI=1S/C25H29N5O5/c1-16-6-4-12-26-21(16)27-22(32)17-7-5-13-29(14-17)20(31)15-30-23(33)25(2,28-24(30)34)18-8-10-19(35-3)11-9-18/h4,6,8-12,17H,5,7,13-15H2,1-3H3,(H,28,34)(H,26,27,32). The molecule has 2 unspecified atom stereocenters. The smallest absolute Gasteiger partial charge is 0.325 e. The van der Waals surface area contributed by atoms with Gasteiger partial charge in [0.05, 0.1) is 13.0 Å². The van der Waals surface area contributed by atoms with Gasteiger partial charge in [-0.2, -0.15) is 0 Å². The molecule has 1 aromatic heterocycles. The molecule has 10 heteroatoms. The topological polar surface area (TPSA) is 121 Å². The summed E-state index contributed by atoms with van der Waals surface area (Å²) >= 11 is 0. The van der Waals surface area contributed by atoms with Gasteiger partial charge >= 0.3 is 6.03 Å². The number of nitrogens with one attached hydrogen (secondary N) is 2. The number of aryl methyl sites for hydroxylation is 1. The van der Waals surface area contributed by atoms with Crippen molar-refractivity contribution in [1.29, 1.82) is 0 Å². The van der Waals surface area contributed by atoms with Crippen LogP contribution in [0.15, 0.2) is 42.6 Å². The molecular weight excluding hydrogens is 450 g/mol. The van der Waals surface area contributed by atoms with Crippen LogP contribution >= 0.6 is 0 Å². The summed E-state index contributed by atoms with van der Waals surface area (Å²) in [5.41, 5.74) is 0.156. The van der Waals surface area contributed by atoms with Crippen LogP contribution in [-0.2, 0) is 19.9 Å². The molecule has 2 aromatic rings. The number of methoxy groups -OCH3 is 1. The highest BCUT2D eigenvalue weighted by Gasteiger charge is 2.49. The van der Waals surface area contributed by atoms with Crippen LogP contribution in [0, 0.1) is 12.8 Å². The van der Waals surface area contributed by atoms with Crippen molar-refractivity contribution in [2.24, 2.45) is 5.92 Å². The van der Waals surface area contributed by atoms with Crippen molar-refractivity contribution in [2.45, 2.75) is 32.2 Å². The molecular formula is C25H29N5O5. The molecule has 2 aliphatic heterocycles. The number of likely N-dealkylation sites (tertiary alicyclic amines) is 1. The Hall–Kier alpha value is -3.95. The van der Waals surface area contributed by atoms with Gasteiger partial charge in [0.15, 0.2) is 0 Å². The van der Waals surface area contributed by atoms with E-state index in [0.29, 0.717) is 36.5 Å². The number of carbonyl (C=O) groups is 4. The van der Waals surface area contributed by atoms with Crippen LogP contribution in [0.4, 0.5) is 10.6 Å². The highest BCUT2D eigenvalue weighted by molar-refractivity contribution is 6.09. The van der Waals surface area contributed by atoms with Crippen molar-refractivity contribution in [3.8, 4) is 5.75 Å². The summed E-state index contributed by atoms with van der Waals surface area (Å²) in [5.74, 6) is -0.355. The average Bonchev–Trinajstić information content (AvgIpc) is 3.09. The molecule has 3 heterocycles. The third-order valence-electron chi connectivity index (χ3n) is 6.63. The molecule has 0 radical (unpaired) electrons. The second-order valence-corrected chi connectivity index (χ2v) is 9.01. The predicted octanol–water partition coefficient (Wildman–Crippen LogP) is 2.04. The van der Waals surface area contributed by atoms with Crippen molar-refractivity contribution >= 4 is 29.6 Å². The van der Waals surface area contributed by atoms with Gasteiger partial charge < -0.3 is 20.3 Å². The number of rotatable bonds is 6. The molecule has 2 aliphatic rings. The number of amides is 5. The van der Waals surface area contributed by atoms with Gasteiger partial charge in [-0.3, -0.25) is 19.3 Å². The Balaban J connectivity index is 1.40. The second-order valence-electron chi connectivity index (χ2n) is 9.01. The average molecular weight is 480 g/mol. The molecule has 0 bridgehead atoms. The molecule has 35 heavy (non-hydrogen) atoms. The largest absolute Gasteiger partial charge is 0.497 e. The van der Waals surface area contributed by atoms with E-state index in [1.54, 1.807) is 55.5 Å². The first-order valence-corrected chi connectivity index (χ1v) is 11.5. The fourth-order valence-corrected chi connectivity index (χ4v) is 4.45. The quantitative estimate of drug-likeness (QED) is 0.612. The van der Waals surface area contributed by atoms with Crippen LogP contribution in [0.25, 0.3) is 0 Å². The molecule has 0 aliphatic carbocycles. The van der Waals surface area contributed by atoms with Gasteiger partial charge in [-0.05, 0) is 56.0 Å². The Labute approximate surface area is 203 Å². The van der Waals surface area contributed by atoms with Gasteiger partial charge in [-0.25, -0.2) is 9.78 Å². The summed E-state index contributed by atoms with van der Waals surface area (Å²) in [4.78, 5) is 58.4. The third-order valence-corrected chi connectivity index (χ3v) is 6.63. The highest BCUT2D eigenvalue weighted by Crippen LogP contribution is 2.30. The summed E-state index contributed by atoms with van der Waals surface area (Å²) in [5, 5.41) is 5.54. The van der Waals surface area contributed by atoms with Crippen molar-refractivity contribution in [3.63, 3.8) is 0 Å². The lowest BCUT2D eigenvalue weighted by Crippen LogP contribution is -2.49. The summed E-state index contributed by atoms with van der Waals surface area (Å²) < 4.78 is 5.15. The molecule has 184 valence electrons. The monoisotopic (exact) mass is 479 g/mol. The van der Waals surface area contributed by atoms with E-state index >= 15 is 0 Å². The van der Waals surface area contributed by atoms with Crippen LogP contribution in [-0.4, -0.2) is 65.3 Å². The number of hydrogen-bond donors (Lipinski definition) is 2. The molecule has 2 fully saturated rings. The fraction of sp³-hybridized carbons (Fsp3) is 0.400. The van der Waals surface area contributed by atoms with Gasteiger partial charge in [0.1, 0.15) is 23.7 Å². The lowest BCUT2D eigenvalue weighted by atomic mass is 9.92. The molecule has 0 saturated carbocycles. The lowest BCUT2D eigenvalue weighted by Gasteiger charge is -2.33. The van der Waals surface area contributed by atoms with Gasteiger partial charge in [0.2, 0.25) is 11.8 Å². The van der Waals surface area contributed by atoms with E-state index in [4.69, 9.17) is 4.74 Å². The van der Waals surface area contributed by atoms with Crippen LogP contribution in [0.1, 0.15) is 30.9 Å². The Morgan fingerprint density at radius 1 is 1.23 bits per heavy atom. The van der Waals surface area contributed by atoms with Crippen LogP contribution in [0.5, 0.6) is 5.75 Å². The number of nitrogens with zero attached hydrogens (tertiary/aromatic N) is 3. The zero-order valence-electron chi connectivity index (χ0n) is 20.0. The minimum atomic E-state index is -1.28. The van der Waals surface area contributed by atoms with Crippen molar-refractivity contribution in [3.05, 3.63) is 53.7 Å². The molecule has 10 nitrogen and oxygen atoms in total. The van der Waals surface area contributed by atoms with Gasteiger partial charge in [0, 0.05) is 19.3 Å². The first kappa shape index (κ1) is 24.2. The summed E-state index contributed by atoms with van der Waals surface area (Å²) in [6, 6.07) is 9.86. The molecule has 0 spiro atoms. The van der Waals surface area contributed by atoms with E-state index in [2.05, 4.69) is 15.6 Å². The third kappa shape index (κ3) is 4.82. The van der Waals surface area contributed by atoms with E-state index in [-0.39, 0.29) is 24.9 Å². The minimum absolute atomic E-state index is 0.202. The Morgan fingerprint density at radius 2 is 1.97 bits per heavy atom. The van der Waals surface area contributed by atoms with E-state index in [1.165, 1.54) is 0 Å². The lowest BCUT2D eigenvalue weighted by molar-refractivity contribution is -0.140. The van der Waals surface area contributed by atoms with Crippen molar-refractivity contribution in [1.82, 2.24) is 20.1 Å². The number of aromatic nitrogens is 1. The maximum Gasteiger partial charge on any atom is 0.325 e. The maximum atomic E-state index is 13.2. The second kappa shape index (κ2) is 9.73. The maximum absolute atomic E-state index is 13.2. The summed E-state index contributed by atoms with van der Waals surface area (Å²) in [6.07, 6.45) is 2.89. The molecule has 5 amide bonds. The van der Waals surface area contributed by atoms with Crippen molar-refractivity contribution in [2.75, 3.05) is 32.1 Å². The number of carbonyl (C=O) groups excluding carboxylic acids is 4. The van der Waals surface area contributed by atoms with E-state index < -0.39 is 23.4 Å². The van der Waals surface area contributed by atoms with E-state index in [0.717, 1.165) is 10.5 Å². The van der Waals surface area contributed by atoms with Gasteiger partial charge in [0.25, 0.3) is 5.91 Å². The number of ether oxygens (including phenoxy) is 1. The SMILES string of the molecule is COc1ccc(C2(C)NC(=O)N(CC(=O)N3CCCC(C(=O)Nc4ncccc4C)C3)C2=O)cc1. The minimum Gasteiger partial charge on any atom is -0.497 e. The number of hydrogen-bond acceptors (Lipinski definition) is 6. The summed E-state index contributed by atoms with van der Waals surface area (Å²) in [6.45, 7) is 3.77. The number of piperidine rings is 1. The molecule has 2 atom stereocenters. The van der Waals surface area contributed by atoms with Gasteiger partial charge in [-0.15, -0.1) is 0 Å². The number of urea groups is 1. The van der Waals surface area contributed by atoms with E-state index in [9.17, 15) is 19.2 Å². The molecule has 1 aromatic carbocycles. The first-order chi connectivity index (χ1) is 16.7. The molecule has 2 saturated heterocycles.